The molecule has 2 fully saturated rings. The van der Waals surface area contributed by atoms with Gasteiger partial charge in [0, 0.05) is 49.9 Å². The van der Waals surface area contributed by atoms with Crippen molar-refractivity contribution >= 4 is 35.0 Å². The summed E-state index contributed by atoms with van der Waals surface area (Å²) in [5, 5.41) is 8.97. The molecule has 2 amide bonds. The van der Waals surface area contributed by atoms with E-state index in [0.29, 0.717) is 35.8 Å². The van der Waals surface area contributed by atoms with E-state index < -0.39 is 12.0 Å². The highest BCUT2D eigenvalue weighted by Crippen LogP contribution is 2.29. The van der Waals surface area contributed by atoms with E-state index in [9.17, 15) is 18.4 Å². The van der Waals surface area contributed by atoms with Crippen molar-refractivity contribution in [1.29, 1.82) is 0 Å². The number of carbonyl (C=O) groups is 2. The lowest BCUT2D eigenvalue weighted by Crippen LogP contribution is -2.43. The number of nitrogens with zero attached hydrogens (tertiary/aromatic N) is 1. The molecule has 2 aliphatic rings. The number of para-hydroxylation sites is 2. The van der Waals surface area contributed by atoms with Crippen LogP contribution in [0.2, 0.25) is 0 Å². The second kappa shape index (κ2) is 12.8. The summed E-state index contributed by atoms with van der Waals surface area (Å²) in [4.78, 5) is 28.2. The Morgan fingerprint density at radius 2 is 1.81 bits per heavy atom. The number of nitrogen functional groups attached to an aromatic ring is 1. The Morgan fingerprint density at radius 1 is 1.07 bits per heavy atom. The normalized spacial score (nSPS) is 19.2. The molecule has 220 valence electrons. The summed E-state index contributed by atoms with van der Waals surface area (Å²) in [6.45, 7) is 3.82. The zero-order valence-electron chi connectivity index (χ0n) is 23.4. The Labute approximate surface area is 243 Å². The third-order valence-corrected chi connectivity index (χ3v) is 7.60. The van der Waals surface area contributed by atoms with Gasteiger partial charge < -0.3 is 26.4 Å². The summed E-state index contributed by atoms with van der Waals surface area (Å²) >= 11 is 0. The van der Waals surface area contributed by atoms with Crippen LogP contribution in [0.15, 0.2) is 78.9 Å². The van der Waals surface area contributed by atoms with E-state index in [4.69, 9.17) is 10.5 Å². The second-order valence-corrected chi connectivity index (χ2v) is 10.8. The van der Waals surface area contributed by atoms with Crippen molar-refractivity contribution in [2.45, 2.75) is 37.5 Å². The van der Waals surface area contributed by atoms with Crippen molar-refractivity contribution in [3.63, 3.8) is 0 Å². The molecule has 2 bridgehead atoms. The van der Waals surface area contributed by atoms with Crippen LogP contribution < -0.4 is 21.7 Å². The molecule has 5 rings (SSSR count). The predicted octanol–water partition coefficient (Wildman–Crippen LogP) is 4.77. The molecule has 0 aliphatic carbocycles. The number of nitrogens with one attached hydrogen (secondary N) is 3. The van der Waals surface area contributed by atoms with Gasteiger partial charge >= 0.3 is 0 Å². The SMILES string of the molecule is CC(F)(F)c1ccc(NC(=O)C(NCCN2C[C@H]3C[C@@H]2CO3)c2ccc(/C=C/C(=O)Nc3ccccc3N)cc2)cc1. The third kappa shape index (κ3) is 7.39. The molecule has 42 heavy (non-hydrogen) atoms. The molecule has 5 N–H and O–H groups in total. The van der Waals surface area contributed by atoms with E-state index in [2.05, 4.69) is 20.9 Å². The Morgan fingerprint density at radius 3 is 2.45 bits per heavy atom. The van der Waals surface area contributed by atoms with Gasteiger partial charge in [-0.2, -0.15) is 0 Å². The van der Waals surface area contributed by atoms with Crippen molar-refractivity contribution in [1.82, 2.24) is 10.2 Å². The Bertz CT molecular complexity index is 1420. The van der Waals surface area contributed by atoms with Gasteiger partial charge in [0.1, 0.15) is 6.04 Å². The van der Waals surface area contributed by atoms with Crippen LogP contribution in [0.3, 0.4) is 0 Å². The Balaban J connectivity index is 1.25. The molecule has 0 aromatic heterocycles. The molecule has 0 radical (unpaired) electrons. The van der Waals surface area contributed by atoms with Gasteiger partial charge in [0.25, 0.3) is 5.92 Å². The lowest BCUT2D eigenvalue weighted by molar-refractivity contribution is -0.118. The van der Waals surface area contributed by atoms with Gasteiger partial charge in [-0.05, 0) is 47.9 Å². The summed E-state index contributed by atoms with van der Waals surface area (Å²) in [6, 6.07) is 19.6. The number of rotatable bonds is 11. The molecule has 2 aliphatic heterocycles. The minimum absolute atomic E-state index is 0.122. The van der Waals surface area contributed by atoms with Crippen LogP contribution in [0.1, 0.15) is 36.1 Å². The zero-order chi connectivity index (χ0) is 29.7. The molecule has 8 nitrogen and oxygen atoms in total. The molecule has 2 saturated heterocycles. The maximum atomic E-state index is 13.6. The van der Waals surface area contributed by atoms with Crippen LogP contribution in [-0.4, -0.2) is 55.1 Å². The average molecular weight is 576 g/mol. The standard InChI is InChI=1S/C32H35F2N5O3/c1-32(33,34)23-11-13-24(14-12-23)37-31(41)30(36-16-17-39-19-26-18-25(39)20-42-26)22-9-6-21(7-10-22)8-15-29(40)38-28-5-3-2-4-27(28)35/h2-15,25-26,30,36H,16-20,35H2,1H3,(H,37,41)(H,38,40)/b15-8+/t25-,26-,30?/m1/s1. The number of hydrogen-bond donors (Lipinski definition) is 4. The number of morpholine rings is 1. The van der Waals surface area contributed by atoms with Crippen molar-refractivity contribution < 1.29 is 23.1 Å². The van der Waals surface area contributed by atoms with E-state index in [0.717, 1.165) is 44.2 Å². The number of amides is 2. The monoisotopic (exact) mass is 575 g/mol. The third-order valence-electron chi connectivity index (χ3n) is 7.60. The number of benzene rings is 3. The van der Waals surface area contributed by atoms with E-state index in [1.807, 2.05) is 24.3 Å². The van der Waals surface area contributed by atoms with Crippen molar-refractivity contribution in [3.8, 4) is 0 Å². The van der Waals surface area contributed by atoms with Gasteiger partial charge in [-0.15, -0.1) is 0 Å². The summed E-state index contributed by atoms with van der Waals surface area (Å²) < 4.78 is 32.9. The van der Waals surface area contributed by atoms with Crippen LogP contribution >= 0.6 is 0 Å². The predicted molar refractivity (Wildman–Crippen MR) is 160 cm³/mol. The smallest absolute Gasteiger partial charge is 0.270 e. The summed E-state index contributed by atoms with van der Waals surface area (Å²) in [6.07, 6.45) is 4.43. The number of fused-ring (bicyclic) bond motifs is 2. The zero-order valence-corrected chi connectivity index (χ0v) is 23.4. The Hall–Kier alpha value is -4.12. The lowest BCUT2D eigenvalue weighted by Gasteiger charge is -2.27. The average Bonchev–Trinajstić information content (AvgIpc) is 3.59. The van der Waals surface area contributed by atoms with Gasteiger partial charge in [0.05, 0.1) is 24.1 Å². The fraction of sp³-hybridized carbons (Fsp3) is 0.312. The maximum Gasteiger partial charge on any atom is 0.270 e. The van der Waals surface area contributed by atoms with Crippen molar-refractivity contribution in [2.24, 2.45) is 0 Å². The number of alkyl halides is 2. The van der Waals surface area contributed by atoms with E-state index >= 15 is 0 Å². The number of anilines is 3. The van der Waals surface area contributed by atoms with Crippen LogP contribution in [0.5, 0.6) is 0 Å². The minimum atomic E-state index is -2.96. The van der Waals surface area contributed by atoms with E-state index in [-0.39, 0.29) is 17.4 Å². The van der Waals surface area contributed by atoms with Crippen LogP contribution in [0.25, 0.3) is 6.08 Å². The first-order valence-electron chi connectivity index (χ1n) is 14.0. The van der Waals surface area contributed by atoms with Crippen LogP contribution in [-0.2, 0) is 20.2 Å². The van der Waals surface area contributed by atoms with Gasteiger partial charge in [-0.1, -0.05) is 48.5 Å². The summed E-state index contributed by atoms with van der Waals surface area (Å²) in [5.41, 5.74) is 8.72. The molecule has 0 saturated carbocycles. The minimum Gasteiger partial charge on any atom is -0.397 e. The quantitative estimate of drug-likeness (QED) is 0.194. The summed E-state index contributed by atoms with van der Waals surface area (Å²) in [5.74, 6) is -3.58. The van der Waals surface area contributed by atoms with Crippen molar-refractivity contribution in [3.05, 3.63) is 95.6 Å². The molecule has 0 spiro atoms. The molecule has 3 aromatic rings. The first-order chi connectivity index (χ1) is 20.2. The number of carbonyl (C=O) groups excluding carboxylic acids is 2. The highest BCUT2D eigenvalue weighted by atomic mass is 19.3. The van der Waals surface area contributed by atoms with Gasteiger partial charge in [0.15, 0.2) is 0 Å². The van der Waals surface area contributed by atoms with E-state index in [1.54, 1.807) is 30.3 Å². The fourth-order valence-corrected chi connectivity index (χ4v) is 5.28. The fourth-order valence-electron chi connectivity index (χ4n) is 5.28. The second-order valence-electron chi connectivity index (χ2n) is 10.8. The van der Waals surface area contributed by atoms with Gasteiger partial charge in [-0.3, -0.25) is 14.5 Å². The number of ether oxygens (including phenoxy) is 1. The molecule has 3 aromatic carbocycles. The molecular formula is C32H35F2N5O3. The highest BCUT2D eigenvalue weighted by molar-refractivity contribution is 6.03. The first kappa shape index (κ1) is 29.4. The summed E-state index contributed by atoms with van der Waals surface area (Å²) in [7, 11) is 0. The number of hydrogen-bond acceptors (Lipinski definition) is 6. The van der Waals surface area contributed by atoms with E-state index in [1.165, 1.54) is 30.3 Å². The number of nitrogens with two attached hydrogens (primary N) is 1. The molecule has 3 atom stereocenters. The molecule has 2 heterocycles. The molecular weight excluding hydrogens is 540 g/mol. The number of halogens is 2. The first-order valence-corrected chi connectivity index (χ1v) is 14.0. The van der Waals surface area contributed by atoms with Crippen molar-refractivity contribution in [2.75, 3.05) is 42.6 Å². The van der Waals surface area contributed by atoms with Crippen LogP contribution in [0, 0.1) is 0 Å². The topological polar surface area (TPSA) is 109 Å². The number of likely N-dealkylation sites (tertiary alicyclic amines) is 1. The van der Waals surface area contributed by atoms with Gasteiger partial charge in [0.2, 0.25) is 11.8 Å². The molecule has 10 heteroatoms. The lowest BCUT2D eigenvalue weighted by atomic mass is 10.0. The largest absolute Gasteiger partial charge is 0.397 e. The highest BCUT2D eigenvalue weighted by Gasteiger charge is 2.38. The Kier molecular flexibility index (Phi) is 8.96. The maximum absolute atomic E-state index is 13.6. The van der Waals surface area contributed by atoms with Crippen LogP contribution in [0.4, 0.5) is 25.8 Å². The molecule has 1 unspecified atom stereocenters. The van der Waals surface area contributed by atoms with Gasteiger partial charge in [-0.25, -0.2) is 8.78 Å².